The van der Waals surface area contributed by atoms with Crippen LogP contribution >= 0.6 is 15.9 Å². The largest absolute Gasteiger partial charge is 0.444 e. The van der Waals surface area contributed by atoms with Gasteiger partial charge in [-0.05, 0) is 23.0 Å². The van der Waals surface area contributed by atoms with E-state index < -0.39 is 0 Å². The van der Waals surface area contributed by atoms with Gasteiger partial charge in [0.05, 0.1) is 10.7 Å². The van der Waals surface area contributed by atoms with Gasteiger partial charge in [0.2, 0.25) is 5.76 Å². The van der Waals surface area contributed by atoms with E-state index in [1.54, 1.807) is 12.3 Å². The van der Waals surface area contributed by atoms with Gasteiger partial charge in [-0.15, -0.1) is 0 Å². The summed E-state index contributed by atoms with van der Waals surface area (Å²) in [7, 11) is 2.03. The van der Waals surface area contributed by atoms with Crippen molar-refractivity contribution >= 4 is 32.7 Å². The molecule has 0 bridgehead atoms. The Balaban J connectivity index is 1.91. The summed E-state index contributed by atoms with van der Waals surface area (Å²) < 4.78 is 6.13. The van der Waals surface area contributed by atoms with E-state index in [1.165, 1.54) is 0 Å². The van der Waals surface area contributed by atoms with Gasteiger partial charge in [-0.3, -0.25) is 0 Å². The molecule has 1 aliphatic heterocycles. The van der Waals surface area contributed by atoms with Crippen LogP contribution in [-0.2, 0) is 0 Å². The maximum absolute atomic E-state index is 9.46. The molecule has 1 fully saturated rings. The van der Waals surface area contributed by atoms with E-state index >= 15 is 0 Å². The van der Waals surface area contributed by atoms with Gasteiger partial charge in [0.25, 0.3) is 0 Å². The van der Waals surface area contributed by atoms with E-state index in [0.717, 1.165) is 22.9 Å². The number of pyridine rings is 1. The van der Waals surface area contributed by atoms with Crippen LogP contribution in [0.15, 0.2) is 21.2 Å². The number of hydrogen-bond acceptors (Lipinski definition) is 6. The second-order valence-corrected chi connectivity index (χ2v) is 6.13. The number of halogens is 1. The smallest absolute Gasteiger partial charge is 0.204 e. The molecule has 0 spiro atoms. The molecule has 6 nitrogen and oxygen atoms in total. The molecule has 0 unspecified atom stereocenters. The summed E-state index contributed by atoms with van der Waals surface area (Å²) in [5.74, 6) is 1.14. The fourth-order valence-electron chi connectivity index (χ4n) is 2.75. The number of hydrogen-bond donors (Lipinski definition) is 2. The quantitative estimate of drug-likeness (QED) is 0.877. The Bertz CT molecular complexity index is 709. The van der Waals surface area contributed by atoms with Gasteiger partial charge in [0.15, 0.2) is 5.58 Å². The number of fused-ring (bicyclic) bond motifs is 1. The van der Waals surface area contributed by atoms with Crippen molar-refractivity contribution in [2.45, 2.75) is 6.04 Å². The first-order valence-corrected chi connectivity index (χ1v) is 7.45. The third kappa shape index (κ3) is 2.62. The van der Waals surface area contributed by atoms with Crippen LogP contribution in [0.5, 0.6) is 0 Å². The third-order valence-electron chi connectivity index (χ3n) is 3.81. The zero-order valence-corrected chi connectivity index (χ0v) is 13.1. The summed E-state index contributed by atoms with van der Waals surface area (Å²) in [6.45, 7) is 1.86. The van der Waals surface area contributed by atoms with Crippen LogP contribution in [-0.4, -0.2) is 47.8 Å². The lowest BCUT2D eigenvalue weighted by atomic mass is 10.1. The Morgan fingerprint density at radius 3 is 3.14 bits per heavy atom. The summed E-state index contributed by atoms with van der Waals surface area (Å²) in [4.78, 5) is 6.53. The molecule has 3 heterocycles. The molecule has 1 saturated heterocycles. The molecule has 0 amide bonds. The Kier molecular flexibility index (Phi) is 3.85. The highest BCUT2D eigenvalue weighted by Gasteiger charge is 2.31. The summed E-state index contributed by atoms with van der Waals surface area (Å²) in [5.41, 5.74) is 0.575. The van der Waals surface area contributed by atoms with Crippen molar-refractivity contribution < 1.29 is 9.52 Å². The van der Waals surface area contributed by atoms with E-state index in [2.05, 4.69) is 31.1 Å². The van der Waals surface area contributed by atoms with E-state index in [9.17, 15) is 5.11 Å². The number of furan rings is 1. The van der Waals surface area contributed by atoms with Crippen molar-refractivity contribution in [2.75, 3.05) is 32.1 Å². The Labute approximate surface area is 130 Å². The first-order chi connectivity index (χ1) is 10.1. The van der Waals surface area contributed by atoms with Gasteiger partial charge < -0.3 is 19.7 Å². The molecule has 0 radical (unpaired) electrons. The summed E-state index contributed by atoms with van der Waals surface area (Å²) in [6, 6.07) is 3.82. The standard InChI is InChI=1S/C14H15BrN4O2/c1-19-5-8(7-20)11(6-19)18-14-13(15)10-2-9(3-16)21-12(10)4-17-14/h2,4,8,11,20H,5-7H2,1H3,(H,17,18)/t8-,11+/m1/s1. The molecule has 2 aromatic heterocycles. The summed E-state index contributed by atoms with van der Waals surface area (Å²) >= 11 is 3.52. The molecular formula is C14H15BrN4O2. The lowest BCUT2D eigenvalue weighted by Crippen LogP contribution is -2.30. The zero-order chi connectivity index (χ0) is 15.0. The highest BCUT2D eigenvalue weighted by molar-refractivity contribution is 9.10. The van der Waals surface area contributed by atoms with Gasteiger partial charge in [-0.25, -0.2) is 4.98 Å². The molecular weight excluding hydrogens is 336 g/mol. The predicted octanol–water partition coefficient (Wildman–Crippen LogP) is 1.80. The minimum Gasteiger partial charge on any atom is -0.444 e. The first-order valence-electron chi connectivity index (χ1n) is 6.66. The first kappa shape index (κ1) is 14.3. The molecule has 0 aliphatic carbocycles. The van der Waals surface area contributed by atoms with Gasteiger partial charge in [-0.1, -0.05) is 0 Å². The number of anilines is 1. The van der Waals surface area contributed by atoms with Gasteiger partial charge in [0.1, 0.15) is 11.9 Å². The van der Waals surface area contributed by atoms with Crippen molar-refractivity contribution in [3.05, 3.63) is 22.5 Å². The maximum atomic E-state index is 9.46. The summed E-state index contributed by atoms with van der Waals surface area (Å²) in [5, 5.41) is 22.5. The molecule has 2 N–H and O–H groups in total. The molecule has 0 saturated carbocycles. The van der Waals surface area contributed by atoms with Crippen molar-refractivity contribution in [1.29, 1.82) is 5.26 Å². The summed E-state index contributed by atoms with van der Waals surface area (Å²) in [6.07, 6.45) is 1.61. The predicted molar refractivity (Wildman–Crippen MR) is 81.9 cm³/mol. The van der Waals surface area contributed by atoms with Gasteiger partial charge in [-0.2, -0.15) is 5.26 Å². The Morgan fingerprint density at radius 2 is 2.43 bits per heavy atom. The SMILES string of the molecule is CN1C[C@H](CO)[C@@H](Nc2ncc3oc(C#N)cc3c2Br)C1. The Morgan fingerprint density at radius 1 is 1.62 bits per heavy atom. The number of likely N-dealkylation sites (N-methyl/N-ethyl adjacent to an activating group) is 1. The normalized spacial score (nSPS) is 22.6. The molecule has 2 aromatic rings. The molecule has 2 atom stereocenters. The lowest BCUT2D eigenvalue weighted by Gasteiger charge is -2.19. The van der Waals surface area contributed by atoms with E-state index in [1.807, 2.05) is 13.1 Å². The maximum Gasteiger partial charge on any atom is 0.204 e. The van der Waals surface area contributed by atoms with Crippen LogP contribution < -0.4 is 5.32 Å². The number of nitrogens with one attached hydrogen (secondary N) is 1. The molecule has 1 aliphatic rings. The Hall–Kier alpha value is -1.62. The zero-order valence-electron chi connectivity index (χ0n) is 11.5. The monoisotopic (exact) mass is 350 g/mol. The average Bonchev–Trinajstić information content (AvgIpc) is 3.05. The lowest BCUT2D eigenvalue weighted by molar-refractivity contribution is 0.223. The molecule has 110 valence electrons. The second-order valence-electron chi connectivity index (χ2n) is 5.34. The molecule has 21 heavy (non-hydrogen) atoms. The minimum atomic E-state index is 0.142. The van der Waals surface area contributed by atoms with E-state index in [-0.39, 0.29) is 24.3 Å². The second kappa shape index (κ2) is 5.64. The number of aromatic nitrogens is 1. The van der Waals surface area contributed by atoms with Crippen molar-refractivity contribution in [3.8, 4) is 6.07 Å². The van der Waals surface area contributed by atoms with Crippen LogP contribution in [0.25, 0.3) is 11.0 Å². The van der Waals surface area contributed by atoms with E-state index in [4.69, 9.17) is 9.68 Å². The van der Waals surface area contributed by atoms with Crippen LogP contribution in [0.3, 0.4) is 0 Å². The number of aliphatic hydroxyl groups is 1. The van der Waals surface area contributed by atoms with Crippen LogP contribution in [0.4, 0.5) is 5.82 Å². The number of likely N-dealkylation sites (tertiary alicyclic amines) is 1. The van der Waals surface area contributed by atoms with Crippen LogP contribution in [0.2, 0.25) is 0 Å². The molecule has 3 rings (SSSR count). The van der Waals surface area contributed by atoms with Crippen molar-refractivity contribution in [3.63, 3.8) is 0 Å². The van der Waals surface area contributed by atoms with Gasteiger partial charge in [0, 0.05) is 43.1 Å². The number of nitriles is 1. The minimum absolute atomic E-state index is 0.142. The number of aliphatic hydroxyl groups excluding tert-OH is 1. The van der Waals surface area contributed by atoms with Gasteiger partial charge >= 0.3 is 0 Å². The fraction of sp³-hybridized carbons (Fsp3) is 0.429. The average molecular weight is 351 g/mol. The number of rotatable bonds is 3. The molecule has 7 heteroatoms. The van der Waals surface area contributed by atoms with Crippen molar-refractivity contribution in [1.82, 2.24) is 9.88 Å². The van der Waals surface area contributed by atoms with Crippen LogP contribution in [0, 0.1) is 17.2 Å². The van der Waals surface area contributed by atoms with Crippen LogP contribution in [0.1, 0.15) is 5.76 Å². The van der Waals surface area contributed by atoms with E-state index in [0.29, 0.717) is 11.4 Å². The topological polar surface area (TPSA) is 85.3 Å². The fourth-order valence-corrected chi connectivity index (χ4v) is 3.27. The van der Waals surface area contributed by atoms with Crippen molar-refractivity contribution in [2.24, 2.45) is 5.92 Å². The highest BCUT2D eigenvalue weighted by atomic mass is 79.9. The molecule has 0 aromatic carbocycles. The number of nitrogens with zero attached hydrogens (tertiary/aromatic N) is 3. The third-order valence-corrected chi connectivity index (χ3v) is 4.61. The highest BCUT2D eigenvalue weighted by Crippen LogP contribution is 2.33.